The number of methoxy groups -OCH3 is 1. The van der Waals surface area contributed by atoms with Crippen LogP contribution in [0.1, 0.15) is 38.7 Å². The fraction of sp³-hybridized carbons (Fsp3) is 0.409. The monoisotopic (exact) mass is 371 g/mol. The number of hydrogen-bond donors (Lipinski definition) is 1. The fourth-order valence-corrected chi connectivity index (χ4v) is 2.59. The summed E-state index contributed by atoms with van der Waals surface area (Å²) in [6, 6.07) is 13.2. The Bertz CT molecular complexity index is 713. The van der Waals surface area contributed by atoms with E-state index in [9.17, 15) is 4.79 Å². The van der Waals surface area contributed by atoms with Crippen LogP contribution in [0.2, 0.25) is 0 Å². The Morgan fingerprint density at radius 1 is 1.00 bits per heavy atom. The number of ether oxygens (including phenoxy) is 3. The predicted octanol–water partition coefficient (Wildman–Crippen LogP) is 4.84. The lowest BCUT2D eigenvalue weighted by Gasteiger charge is -2.11. The molecule has 2 rings (SSSR count). The zero-order valence-corrected chi connectivity index (χ0v) is 16.4. The van der Waals surface area contributed by atoms with Gasteiger partial charge in [0.25, 0.3) is 0 Å². The molecule has 0 aliphatic heterocycles. The minimum absolute atomic E-state index is 0.0255. The number of nitrogens with one attached hydrogen (secondary N) is 1. The van der Waals surface area contributed by atoms with Gasteiger partial charge >= 0.3 is 0 Å². The van der Waals surface area contributed by atoms with Crippen molar-refractivity contribution in [2.75, 3.05) is 25.6 Å². The van der Waals surface area contributed by atoms with E-state index in [4.69, 9.17) is 14.2 Å². The number of carbonyl (C=O) groups is 1. The van der Waals surface area contributed by atoms with Crippen LogP contribution in [-0.4, -0.2) is 26.2 Å². The maximum Gasteiger partial charge on any atom is 0.224 e. The molecule has 146 valence electrons. The molecular weight excluding hydrogens is 342 g/mol. The summed E-state index contributed by atoms with van der Waals surface area (Å²) in [4.78, 5) is 12.2. The maximum atomic E-state index is 12.2. The molecule has 0 saturated carbocycles. The largest absolute Gasteiger partial charge is 0.494 e. The van der Waals surface area contributed by atoms with Crippen LogP contribution in [-0.2, 0) is 11.2 Å². The molecule has 5 heteroatoms. The Morgan fingerprint density at radius 3 is 2.44 bits per heavy atom. The van der Waals surface area contributed by atoms with E-state index in [0.717, 1.165) is 35.6 Å². The molecule has 2 aromatic rings. The smallest absolute Gasteiger partial charge is 0.224 e. The second kappa shape index (κ2) is 11.1. The van der Waals surface area contributed by atoms with Crippen molar-refractivity contribution in [2.24, 2.45) is 0 Å². The summed E-state index contributed by atoms with van der Waals surface area (Å²) in [5.74, 6) is 2.20. The van der Waals surface area contributed by atoms with E-state index in [1.54, 1.807) is 7.11 Å². The summed E-state index contributed by atoms with van der Waals surface area (Å²) in [7, 11) is 1.62. The maximum absolute atomic E-state index is 12.2. The van der Waals surface area contributed by atoms with E-state index < -0.39 is 0 Å². The second-order valence-corrected chi connectivity index (χ2v) is 6.19. The molecule has 0 atom stereocenters. The molecule has 0 spiro atoms. The predicted molar refractivity (Wildman–Crippen MR) is 108 cm³/mol. The van der Waals surface area contributed by atoms with Crippen molar-refractivity contribution in [1.82, 2.24) is 0 Å². The molecule has 0 fully saturated rings. The van der Waals surface area contributed by atoms with Crippen molar-refractivity contribution in [3.8, 4) is 17.2 Å². The third kappa shape index (κ3) is 6.85. The quantitative estimate of drug-likeness (QED) is 0.574. The highest BCUT2D eigenvalue weighted by Gasteiger charge is 2.08. The molecule has 0 unspecified atom stereocenters. The van der Waals surface area contributed by atoms with Crippen molar-refractivity contribution in [3.63, 3.8) is 0 Å². The van der Waals surface area contributed by atoms with Gasteiger partial charge in [0.1, 0.15) is 5.75 Å². The summed E-state index contributed by atoms with van der Waals surface area (Å²) in [6.07, 6.45) is 3.17. The van der Waals surface area contributed by atoms with Gasteiger partial charge in [-0.05, 0) is 61.7 Å². The molecule has 0 radical (unpaired) electrons. The van der Waals surface area contributed by atoms with Crippen molar-refractivity contribution < 1.29 is 19.0 Å². The van der Waals surface area contributed by atoms with Crippen LogP contribution in [0.5, 0.6) is 17.2 Å². The molecule has 2 aromatic carbocycles. The lowest BCUT2D eigenvalue weighted by Crippen LogP contribution is -2.12. The van der Waals surface area contributed by atoms with E-state index in [-0.39, 0.29) is 5.91 Å². The van der Waals surface area contributed by atoms with Crippen LogP contribution in [0.3, 0.4) is 0 Å². The zero-order chi connectivity index (χ0) is 19.5. The average molecular weight is 371 g/mol. The number of benzene rings is 2. The van der Waals surface area contributed by atoms with Gasteiger partial charge in [0.15, 0.2) is 11.5 Å². The third-order valence-electron chi connectivity index (χ3n) is 4.07. The molecule has 0 heterocycles. The average Bonchev–Trinajstić information content (AvgIpc) is 2.69. The fourth-order valence-electron chi connectivity index (χ4n) is 2.59. The highest BCUT2D eigenvalue weighted by atomic mass is 16.5. The molecule has 0 aliphatic carbocycles. The Kier molecular flexibility index (Phi) is 8.49. The number of rotatable bonds is 11. The Hall–Kier alpha value is -2.69. The van der Waals surface area contributed by atoms with Gasteiger partial charge in [-0.15, -0.1) is 0 Å². The first-order chi connectivity index (χ1) is 13.2. The summed E-state index contributed by atoms with van der Waals surface area (Å²) >= 11 is 0. The highest BCUT2D eigenvalue weighted by molar-refractivity contribution is 5.90. The van der Waals surface area contributed by atoms with Crippen molar-refractivity contribution in [1.29, 1.82) is 0 Å². The molecule has 0 bridgehead atoms. The summed E-state index contributed by atoms with van der Waals surface area (Å²) in [5.41, 5.74) is 1.80. The topological polar surface area (TPSA) is 56.8 Å². The number of hydrogen-bond acceptors (Lipinski definition) is 4. The van der Waals surface area contributed by atoms with Gasteiger partial charge in [-0.2, -0.15) is 0 Å². The van der Waals surface area contributed by atoms with Crippen molar-refractivity contribution in [2.45, 2.75) is 39.5 Å². The number of aryl methyl sites for hydroxylation is 1. The molecule has 1 N–H and O–H groups in total. The van der Waals surface area contributed by atoms with E-state index in [0.29, 0.717) is 31.8 Å². The van der Waals surface area contributed by atoms with Crippen LogP contribution in [0.15, 0.2) is 42.5 Å². The van der Waals surface area contributed by atoms with Crippen molar-refractivity contribution >= 4 is 11.6 Å². The Balaban J connectivity index is 1.83. The first-order valence-corrected chi connectivity index (χ1v) is 9.48. The van der Waals surface area contributed by atoms with Crippen LogP contribution < -0.4 is 19.5 Å². The second-order valence-electron chi connectivity index (χ2n) is 6.19. The van der Waals surface area contributed by atoms with Crippen LogP contribution in [0.25, 0.3) is 0 Å². The van der Waals surface area contributed by atoms with Crippen molar-refractivity contribution in [3.05, 3.63) is 48.0 Å². The van der Waals surface area contributed by atoms with Crippen LogP contribution >= 0.6 is 0 Å². The number of unbranched alkanes of at least 4 members (excludes halogenated alkanes) is 1. The molecule has 5 nitrogen and oxygen atoms in total. The molecule has 27 heavy (non-hydrogen) atoms. The Labute approximate surface area is 161 Å². The SMILES string of the molecule is CCCCOc1ccc(NC(=O)CCc2ccc(OCC)c(OC)c2)cc1. The van der Waals surface area contributed by atoms with E-state index >= 15 is 0 Å². The summed E-state index contributed by atoms with van der Waals surface area (Å²) in [6.45, 7) is 5.36. The van der Waals surface area contributed by atoms with Gasteiger partial charge in [-0.3, -0.25) is 4.79 Å². The number of anilines is 1. The van der Waals surface area contributed by atoms with E-state index in [1.807, 2.05) is 49.4 Å². The molecule has 1 amide bonds. The van der Waals surface area contributed by atoms with Crippen LogP contribution in [0.4, 0.5) is 5.69 Å². The lowest BCUT2D eigenvalue weighted by atomic mass is 10.1. The first kappa shape index (κ1) is 20.6. The van der Waals surface area contributed by atoms with Gasteiger partial charge in [-0.25, -0.2) is 0 Å². The highest BCUT2D eigenvalue weighted by Crippen LogP contribution is 2.28. The third-order valence-corrected chi connectivity index (χ3v) is 4.07. The summed E-state index contributed by atoms with van der Waals surface area (Å²) in [5, 5.41) is 2.92. The van der Waals surface area contributed by atoms with Gasteiger partial charge in [0, 0.05) is 12.1 Å². The first-order valence-electron chi connectivity index (χ1n) is 9.48. The molecule has 0 saturated heterocycles. The lowest BCUT2D eigenvalue weighted by molar-refractivity contribution is -0.116. The van der Waals surface area contributed by atoms with Gasteiger partial charge in [0.2, 0.25) is 5.91 Å². The number of carbonyl (C=O) groups excluding carboxylic acids is 1. The van der Waals surface area contributed by atoms with E-state index in [1.165, 1.54) is 0 Å². The van der Waals surface area contributed by atoms with Gasteiger partial charge in [0.05, 0.1) is 20.3 Å². The standard InChI is InChI=1S/C22H29NO4/c1-4-6-15-27-19-11-9-18(10-12-19)23-22(24)14-8-17-7-13-20(26-5-2)21(16-17)25-3/h7,9-13,16H,4-6,8,14-15H2,1-3H3,(H,23,24). The minimum Gasteiger partial charge on any atom is -0.494 e. The molecule has 0 aromatic heterocycles. The molecule has 0 aliphatic rings. The Morgan fingerprint density at radius 2 is 1.78 bits per heavy atom. The normalized spacial score (nSPS) is 10.3. The van der Waals surface area contributed by atoms with Crippen LogP contribution in [0, 0.1) is 0 Å². The minimum atomic E-state index is -0.0255. The summed E-state index contributed by atoms with van der Waals surface area (Å²) < 4.78 is 16.5. The number of amides is 1. The van der Waals surface area contributed by atoms with E-state index in [2.05, 4.69) is 12.2 Å². The van der Waals surface area contributed by atoms with Gasteiger partial charge < -0.3 is 19.5 Å². The molecular formula is C22H29NO4. The van der Waals surface area contributed by atoms with Gasteiger partial charge in [-0.1, -0.05) is 19.4 Å². The zero-order valence-electron chi connectivity index (χ0n) is 16.4.